The van der Waals surface area contributed by atoms with Crippen molar-refractivity contribution in [1.29, 1.82) is 0 Å². The molecule has 7 heteroatoms. The van der Waals surface area contributed by atoms with Gasteiger partial charge in [-0.25, -0.2) is 14.4 Å². The highest BCUT2D eigenvalue weighted by Crippen LogP contribution is 2.36. The maximum atomic E-state index is 14.5. The second-order valence-corrected chi connectivity index (χ2v) is 7.77. The fraction of sp³-hybridized carbons (Fsp3) is 0.300. The number of rotatable bonds is 3. The van der Waals surface area contributed by atoms with Crippen molar-refractivity contribution in [3.8, 4) is 11.1 Å². The Labute approximate surface area is 160 Å². The van der Waals surface area contributed by atoms with Crippen LogP contribution in [0.25, 0.3) is 33.2 Å². The normalized spacial score (nSPS) is 15.8. The van der Waals surface area contributed by atoms with Crippen LogP contribution in [0.4, 0.5) is 4.39 Å². The number of halogens is 1. The Morgan fingerprint density at radius 1 is 1.15 bits per heavy atom. The van der Waals surface area contributed by atoms with Crippen LogP contribution in [0.3, 0.4) is 0 Å². The minimum absolute atomic E-state index is 0.345. The molecule has 4 aromatic rings. The summed E-state index contributed by atoms with van der Waals surface area (Å²) in [6.07, 6.45) is 9.84. The van der Waals surface area contributed by atoms with Crippen LogP contribution in [-0.4, -0.2) is 19.5 Å². The highest BCUT2D eigenvalue weighted by molar-refractivity contribution is 7.97. The lowest BCUT2D eigenvalue weighted by Gasteiger charge is -2.23. The molecule has 1 aliphatic carbocycles. The van der Waals surface area contributed by atoms with Crippen LogP contribution < -0.4 is 5.14 Å². The lowest BCUT2D eigenvalue weighted by molar-refractivity contribution is 0.359. The molecule has 3 N–H and O–H groups in total. The lowest BCUT2D eigenvalue weighted by Crippen LogP contribution is -2.11. The number of hydrogen-bond donors (Lipinski definition) is 2. The third kappa shape index (κ3) is 2.73. The van der Waals surface area contributed by atoms with Gasteiger partial charge in [-0.05, 0) is 48.6 Å². The minimum atomic E-state index is -0.345. The molecule has 0 saturated heterocycles. The van der Waals surface area contributed by atoms with E-state index in [9.17, 15) is 4.39 Å². The number of nitrogens with zero attached hydrogens (tertiary/aromatic N) is 3. The van der Waals surface area contributed by atoms with E-state index in [4.69, 9.17) is 5.14 Å². The van der Waals surface area contributed by atoms with E-state index in [1.807, 2.05) is 18.5 Å². The molecule has 5 nitrogen and oxygen atoms in total. The molecule has 0 amide bonds. The number of nitrogens with two attached hydrogens (primary N) is 1. The van der Waals surface area contributed by atoms with E-state index in [0.29, 0.717) is 16.5 Å². The number of hydrogen-bond acceptors (Lipinski definition) is 4. The van der Waals surface area contributed by atoms with Crippen molar-refractivity contribution < 1.29 is 4.39 Å². The van der Waals surface area contributed by atoms with E-state index in [-0.39, 0.29) is 5.82 Å². The van der Waals surface area contributed by atoms with Crippen LogP contribution in [0.15, 0.2) is 41.8 Å². The summed E-state index contributed by atoms with van der Waals surface area (Å²) in [7, 11) is 0. The quantitative estimate of drug-likeness (QED) is 0.479. The molecule has 1 saturated carbocycles. The average Bonchev–Trinajstić information content (AvgIpc) is 3.35. The van der Waals surface area contributed by atoms with Gasteiger partial charge in [0.05, 0.1) is 39.6 Å². The van der Waals surface area contributed by atoms with Gasteiger partial charge >= 0.3 is 0 Å². The van der Waals surface area contributed by atoms with Crippen molar-refractivity contribution in [3.63, 3.8) is 0 Å². The van der Waals surface area contributed by atoms with Gasteiger partial charge in [0, 0.05) is 11.6 Å². The summed E-state index contributed by atoms with van der Waals surface area (Å²) in [6.45, 7) is 0. The molecule has 1 aliphatic rings. The van der Waals surface area contributed by atoms with E-state index >= 15 is 0 Å². The smallest absolute Gasteiger partial charge is 0.140 e. The van der Waals surface area contributed by atoms with Crippen molar-refractivity contribution in [3.05, 3.63) is 42.7 Å². The van der Waals surface area contributed by atoms with Gasteiger partial charge in [0.15, 0.2) is 0 Å². The lowest BCUT2D eigenvalue weighted by atomic mass is 9.95. The Hall–Kier alpha value is -2.38. The number of aromatic nitrogens is 4. The van der Waals surface area contributed by atoms with Crippen molar-refractivity contribution in [2.75, 3.05) is 0 Å². The second kappa shape index (κ2) is 6.65. The van der Waals surface area contributed by atoms with Gasteiger partial charge in [-0.15, -0.1) is 0 Å². The minimum Gasteiger partial charge on any atom is -0.344 e. The molecule has 2 aromatic carbocycles. The van der Waals surface area contributed by atoms with Crippen LogP contribution in [0, 0.1) is 5.82 Å². The Kier molecular flexibility index (Phi) is 4.13. The summed E-state index contributed by atoms with van der Waals surface area (Å²) in [5, 5.41) is 5.63. The highest BCUT2D eigenvalue weighted by atomic mass is 32.2. The Morgan fingerprint density at radius 3 is 2.81 bits per heavy atom. The molecule has 0 bridgehead atoms. The van der Waals surface area contributed by atoms with Gasteiger partial charge < -0.3 is 9.55 Å². The predicted molar refractivity (Wildman–Crippen MR) is 107 cm³/mol. The van der Waals surface area contributed by atoms with E-state index in [1.165, 1.54) is 38.2 Å². The third-order valence-corrected chi connectivity index (χ3v) is 6.22. The Bertz CT molecular complexity index is 1130. The zero-order valence-electron chi connectivity index (χ0n) is 14.8. The zero-order chi connectivity index (χ0) is 18.4. The fourth-order valence-electron chi connectivity index (χ4n) is 4.24. The SMILES string of the molecule is NSc1c(F)cc(-c2ccc3c(c2)ncn3C2CCCCC2)c2nc[nH]c12. The molecule has 0 atom stereocenters. The number of fused-ring (bicyclic) bond motifs is 2. The van der Waals surface area contributed by atoms with Gasteiger partial charge in [-0.2, -0.15) is 0 Å². The average molecular weight is 381 g/mol. The number of aromatic amines is 1. The molecule has 0 radical (unpaired) electrons. The molecule has 1 fully saturated rings. The third-order valence-electron chi connectivity index (χ3n) is 5.58. The van der Waals surface area contributed by atoms with Crippen molar-refractivity contribution in [2.24, 2.45) is 5.14 Å². The molecular formula is C20H20FN5S. The second-order valence-electron chi connectivity index (χ2n) is 7.13. The van der Waals surface area contributed by atoms with Gasteiger partial charge in [0.2, 0.25) is 0 Å². The van der Waals surface area contributed by atoms with Gasteiger partial charge in [0.25, 0.3) is 0 Å². The number of H-pyrrole nitrogens is 1. The summed E-state index contributed by atoms with van der Waals surface area (Å²) < 4.78 is 16.8. The number of imidazole rings is 2. The molecule has 2 heterocycles. The van der Waals surface area contributed by atoms with Crippen molar-refractivity contribution >= 4 is 34.0 Å². The summed E-state index contributed by atoms with van der Waals surface area (Å²) in [4.78, 5) is 12.4. The van der Waals surface area contributed by atoms with Crippen LogP contribution in [0.5, 0.6) is 0 Å². The van der Waals surface area contributed by atoms with E-state index in [1.54, 1.807) is 6.33 Å². The number of benzene rings is 2. The fourth-order valence-corrected chi connectivity index (χ4v) is 4.68. The largest absolute Gasteiger partial charge is 0.344 e. The van der Waals surface area contributed by atoms with Crippen molar-refractivity contribution in [1.82, 2.24) is 19.5 Å². The summed E-state index contributed by atoms with van der Waals surface area (Å²) in [5.41, 5.74) is 5.07. The van der Waals surface area contributed by atoms with Crippen molar-refractivity contribution in [2.45, 2.75) is 43.0 Å². The molecule has 0 spiro atoms. The first kappa shape index (κ1) is 16.8. The first-order chi connectivity index (χ1) is 13.3. The highest BCUT2D eigenvalue weighted by Gasteiger charge is 2.19. The van der Waals surface area contributed by atoms with Gasteiger partial charge in [0.1, 0.15) is 5.82 Å². The van der Waals surface area contributed by atoms with Gasteiger partial charge in [-0.3, -0.25) is 5.14 Å². The van der Waals surface area contributed by atoms with Gasteiger partial charge in [-0.1, -0.05) is 25.3 Å². The Morgan fingerprint density at radius 2 is 2.00 bits per heavy atom. The molecule has 2 aromatic heterocycles. The van der Waals surface area contributed by atoms with E-state index < -0.39 is 0 Å². The monoisotopic (exact) mass is 381 g/mol. The van der Waals surface area contributed by atoms with Crippen LogP contribution in [-0.2, 0) is 0 Å². The topological polar surface area (TPSA) is 72.5 Å². The molecule has 138 valence electrons. The predicted octanol–water partition coefficient (Wildman–Crippen LogP) is 5.19. The van der Waals surface area contributed by atoms with E-state index in [0.717, 1.165) is 39.6 Å². The Balaban J connectivity index is 1.62. The summed E-state index contributed by atoms with van der Waals surface area (Å²) in [6, 6.07) is 8.19. The first-order valence-corrected chi connectivity index (χ1v) is 10.1. The van der Waals surface area contributed by atoms with E-state index in [2.05, 4.69) is 25.6 Å². The standard InChI is InChI=1S/C20H20FN5S/c21-15-9-14(18-19(20(15)27-22)24-10-23-18)12-6-7-17-16(8-12)25-11-26(17)13-4-2-1-3-5-13/h6-11,13H,1-5,22H2,(H,23,24). The molecule has 27 heavy (non-hydrogen) atoms. The van der Waals surface area contributed by atoms with Crippen LogP contribution >= 0.6 is 11.9 Å². The maximum absolute atomic E-state index is 14.5. The number of nitrogens with one attached hydrogen (secondary N) is 1. The zero-order valence-corrected chi connectivity index (χ0v) is 15.6. The molecule has 0 aliphatic heterocycles. The molecule has 5 rings (SSSR count). The molecule has 0 unspecified atom stereocenters. The van der Waals surface area contributed by atoms with Crippen LogP contribution in [0.1, 0.15) is 38.1 Å². The van der Waals surface area contributed by atoms with Crippen LogP contribution in [0.2, 0.25) is 0 Å². The first-order valence-electron chi connectivity index (χ1n) is 9.25. The summed E-state index contributed by atoms with van der Waals surface area (Å²) >= 11 is 0.893. The maximum Gasteiger partial charge on any atom is 0.140 e. The molecular weight excluding hydrogens is 361 g/mol. The summed E-state index contributed by atoms with van der Waals surface area (Å²) in [5.74, 6) is -0.345.